The van der Waals surface area contributed by atoms with Crippen LogP contribution in [0, 0.1) is 6.92 Å². The molecule has 0 aliphatic rings. The second-order valence-electron chi connectivity index (χ2n) is 5.17. The highest BCUT2D eigenvalue weighted by Crippen LogP contribution is 2.20. The molecule has 1 unspecified atom stereocenters. The van der Waals surface area contributed by atoms with E-state index in [0.717, 1.165) is 11.1 Å². The van der Waals surface area contributed by atoms with Crippen molar-refractivity contribution in [3.63, 3.8) is 0 Å². The first kappa shape index (κ1) is 15.1. The summed E-state index contributed by atoms with van der Waals surface area (Å²) in [5, 5.41) is 15.9. The minimum absolute atomic E-state index is 0.0746. The number of amides is 1. The molecule has 0 fully saturated rings. The molecule has 23 heavy (non-hydrogen) atoms. The van der Waals surface area contributed by atoms with Gasteiger partial charge in [-0.25, -0.2) is 0 Å². The molecule has 0 saturated carbocycles. The van der Waals surface area contributed by atoms with Crippen LogP contribution in [0.2, 0.25) is 0 Å². The number of furan rings is 1. The van der Waals surface area contributed by atoms with Crippen LogP contribution in [0.5, 0.6) is 0 Å². The average molecular weight is 312 g/mol. The van der Waals surface area contributed by atoms with Crippen molar-refractivity contribution in [1.29, 1.82) is 0 Å². The number of nitrogens with zero attached hydrogens (tertiary/aromatic N) is 1. The van der Waals surface area contributed by atoms with E-state index in [-0.39, 0.29) is 12.4 Å². The maximum absolute atomic E-state index is 12.2. The lowest BCUT2D eigenvalue weighted by molar-refractivity contribution is 0.0870. The number of aromatic nitrogens is 1. The number of hydrogen-bond donors (Lipinski definition) is 2. The molecule has 0 spiro atoms. The molecule has 6 nitrogen and oxygen atoms in total. The van der Waals surface area contributed by atoms with Crippen LogP contribution in [0.4, 0.5) is 0 Å². The van der Waals surface area contributed by atoms with E-state index in [4.69, 9.17) is 8.94 Å². The molecule has 0 aliphatic carbocycles. The molecule has 6 heteroatoms. The highest BCUT2D eigenvalue weighted by atomic mass is 16.5. The van der Waals surface area contributed by atoms with Crippen LogP contribution in [0.1, 0.15) is 27.9 Å². The van der Waals surface area contributed by atoms with Gasteiger partial charge < -0.3 is 19.4 Å². The molecular formula is C17H16N2O4. The van der Waals surface area contributed by atoms with E-state index >= 15 is 0 Å². The normalized spacial score (nSPS) is 12.1. The van der Waals surface area contributed by atoms with Crippen LogP contribution in [-0.4, -0.2) is 22.8 Å². The van der Waals surface area contributed by atoms with Gasteiger partial charge in [-0.3, -0.25) is 4.79 Å². The third-order valence-corrected chi connectivity index (χ3v) is 3.46. The minimum atomic E-state index is -0.634. The fourth-order valence-corrected chi connectivity index (χ4v) is 2.17. The van der Waals surface area contributed by atoms with Crippen LogP contribution in [0.25, 0.3) is 11.3 Å². The Bertz CT molecular complexity index is 775. The molecule has 1 amide bonds. The fourth-order valence-electron chi connectivity index (χ4n) is 2.17. The number of nitrogens with one attached hydrogen (secondary N) is 1. The van der Waals surface area contributed by atoms with Gasteiger partial charge in [-0.2, -0.15) is 0 Å². The van der Waals surface area contributed by atoms with Gasteiger partial charge >= 0.3 is 0 Å². The summed E-state index contributed by atoms with van der Waals surface area (Å²) in [5.41, 5.74) is 2.58. The number of rotatable bonds is 5. The molecule has 1 atom stereocenters. The number of carbonyl (C=O) groups excluding carboxylic acids is 1. The third-order valence-electron chi connectivity index (χ3n) is 3.46. The summed E-state index contributed by atoms with van der Waals surface area (Å²) >= 11 is 0. The van der Waals surface area contributed by atoms with Gasteiger partial charge in [-0.05, 0) is 19.1 Å². The van der Waals surface area contributed by atoms with Crippen LogP contribution < -0.4 is 5.32 Å². The number of hydrogen-bond acceptors (Lipinski definition) is 5. The molecule has 0 bridgehead atoms. The lowest BCUT2D eigenvalue weighted by atomic mass is 10.1. The first-order valence-electron chi connectivity index (χ1n) is 7.16. The number of carbonyl (C=O) groups is 1. The van der Waals surface area contributed by atoms with Crippen molar-refractivity contribution in [3.05, 3.63) is 65.8 Å². The Balaban J connectivity index is 1.74. The number of aliphatic hydroxyl groups excluding tert-OH is 1. The van der Waals surface area contributed by atoms with Crippen molar-refractivity contribution in [2.75, 3.05) is 6.61 Å². The Morgan fingerprint density at radius 1 is 1.30 bits per heavy atom. The zero-order valence-electron chi connectivity index (χ0n) is 12.5. The average Bonchev–Trinajstić information content (AvgIpc) is 3.24. The van der Waals surface area contributed by atoms with Gasteiger partial charge in [0.05, 0.1) is 12.9 Å². The van der Waals surface area contributed by atoms with Gasteiger partial charge in [0.2, 0.25) is 5.76 Å². The lowest BCUT2D eigenvalue weighted by Gasteiger charge is -2.12. The zero-order valence-corrected chi connectivity index (χ0v) is 12.5. The number of aryl methyl sites for hydroxylation is 1. The maximum atomic E-state index is 12.2. The molecular weight excluding hydrogens is 296 g/mol. The van der Waals surface area contributed by atoms with Crippen molar-refractivity contribution in [2.45, 2.75) is 13.0 Å². The number of aliphatic hydroxyl groups is 1. The van der Waals surface area contributed by atoms with Crippen LogP contribution >= 0.6 is 0 Å². The summed E-state index contributed by atoms with van der Waals surface area (Å²) in [7, 11) is 0. The lowest BCUT2D eigenvalue weighted by Crippen LogP contribution is -2.30. The highest BCUT2D eigenvalue weighted by Gasteiger charge is 2.20. The predicted octanol–water partition coefficient (Wildman–Crippen LogP) is 2.71. The Kier molecular flexibility index (Phi) is 4.25. The summed E-state index contributed by atoms with van der Waals surface area (Å²) in [6.45, 7) is 1.72. The number of benzene rings is 1. The maximum Gasteiger partial charge on any atom is 0.290 e. The van der Waals surface area contributed by atoms with Gasteiger partial charge in [-0.15, -0.1) is 0 Å². The molecule has 3 aromatic rings. The SMILES string of the molecule is Cc1ccc(-c2cc(C(=O)NC(CO)c3ccco3)on2)cc1. The van der Waals surface area contributed by atoms with Crippen molar-refractivity contribution < 1.29 is 18.8 Å². The Hall–Kier alpha value is -2.86. The topological polar surface area (TPSA) is 88.5 Å². The van der Waals surface area contributed by atoms with E-state index in [0.29, 0.717) is 11.5 Å². The highest BCUT2D eigenvalue weighted by molar-refractivity contribution is 5.92. The molecule has 3 rings (SSSR count). The molecule has 1 aromatic carbocycles. The van der Waals surface area contributed by atoms with Crippen LogP contribution in [0.15, 0.2) is 57.7 Å². The smallest absolute Gasteiger partial charge is 0.290 e. The summed E-state index contributed by atoms with van der Waals surface area (Å²) in [5.74, 6) is 0.0796. The first-order chi connectivity index (χ1) is 11.2. The third kappa shape index (κ3) is 3.32. The van der Waals surface area contributed by atoms with Gasteiger partial charge in [-0.1, -0.05) is 35.0 Å². The molecule has 0 saturated heterocycles. The van der Waals surface area contributed by atoms with E-state index in [1.807, 2.05) is 31.2 Å². The van der Waals surface area contributed by atoms with Gasteiger partial charge in [0.1, 0.15) is 17.5 Å². The van der Waals surface area contributed by atoms with E-state index in [9.17, 15) is 9.90 Å². The monoisotopic (exact) mass is 312 g/mol. The zero-order chi connectivity index (χ0) is 16.2. The second kappa shape index (κ2) is 6.50. The largest absolute Gasteiger partial charge is 0.467 e. The Labute approximate surface area is 132 Å². The van der Waals surface area contributed by atoms with E-state index in [1.54, 1.807) is 18.2 Å². The molecule has 2 aromatic heterocycles. The molecule has 0 aliphatic heterocycles. The van der Waals surface area contributed by atoms with E-state index in [2.05, 4.69) is 10.5 Å². The fraction of sp³-hybridized carbons (Fsp3) is 0.176. The van der Waals surface area contributed by atoms with Gasteiger partial charge in [0.15, 0.2) is 0 Å². The summed E-state index contributed by atoms with van der Waals surface area (Å²) in [6, 6.07) is 12.0. The Morgan fingerprint density at radius 2 is 2.09 bits per heavy atom. The second-order valence-corrected chi connectivity index (χ2v) is 5.17. The van der Waals surface area contributed by atoms with Crippen molar-refractivity contribution in [1.82, 2.24) is 10.5 Å². The van der Waals surface area contributed by atoms with Gasteiger partial charge in [0.25, 0.3) is 5.91 Å². The van der Waals surface area contributed by atoms with Crippen molar-refractivity contribution in [3.8, 4) is 11.3 Å². The predicted molar refractivity (Wildman–Crippen MR) is 82.7 cm³/mol. The van der Waals surface area contributed by atoms with Crippen molar-refractivity contribution >= 4 is 5.91 Å². The standard InChI is InChI=1S/C17H16N2O4/c1-11-4-6-12(7-5-11)13-9-16(23-19-13)17(21)18-14(10-20)15-3-2-8-22-15/h2-9,14,20H,10H2,1H3,(H,18,21). The quantitative estimate of drug-likeness (QED) is 0.756. The first-order valence-corrected chi connectivity index (χ1v) is 7.16. The van der Waals surface area contributed by atoms with Crippen molar-refractivity contribution in [2.24, 2.45) is 0 Å². The molecule has 2 N–H and O–H groups in total. The molecule has 118 valence electrons. The minimum Gasteiger partial charge on any atom is -0.467 e. The van der Waals surface area contributed by atoms with Gasteiger partial charge in [0, 0.05) is 11.6 Å². The molecule has 0 radical (unpaired) electrons. The van der Waals surface area contributed by atoms with E-state index < -0.39 is 11.9 Å². The summed E-state index contributed by atoms with van der Waals surface area (Å²) in [6.07, 6.45) is 1.48. The summed E-state index contributed by atoms with van der Waals surface area (Å²) < 4.78 is 10.3. The van der Waals surface area contributed by atoms with E-state index in [1.165, 1.54) is 6.26 Å². The van der Waals surface area contributed by atoms with Crippen LogP contribution in [-0.2, 0) is 0 Å². The van der Waals surface area contributed by atoms with Crippen LogP contribution in [0.3, 0.4) is 0 Å². The summed E-state index contributed by atoms with van der Waals surface area (Å²) in [4.78, 5) is 12.2. The molecule has 2 heterocycles. The Morgan fingerprint density at radius 3 is 2.74 bits per heavy atom.